The maximum atomic E-state index is 5.59. The third-order valence-electron chi connectivity index (χ3n) is 2.54. The van der Waals surface area contributed by atoms with Crippen LogP contribution in [0.4, 0.5) is 0 Å². The molecule has 2 rings (SSSR count). The summed E-state index contributed by atoms with van der Waals surface area (Å²) in [6, 6.07) is 2.54. The van der Waals surface area contributed by atoms with Crippen LogP contribution in [0.25, 0.3) is 0 Å². The number of nitrogens with two attached hydrogens (primary N) is 1. The lowest BCUT2D eigenvalue weighted by atomic mass is 9.80. The number of hydrogen-bond donors (Lipinski definition) is 1. The average Bonchev–Trinajstić information content (AvgIpc) is 2.39. The average molecular weight is 151 g/mol. The van der Waals surface area contributed by atoms with E-state index in [-0.39, 0.29) is 0 Å². The molecule has 11 heavy (non-hydrogen) atoms. The highest BCUT2D eigenvalue weighted by Gasteiger charge is 2.30. The van der Waals surface area contributed by atoms with Gasteiger partial charge in [-0.3, -0.25) is 4.68 Å². The van der Waals surface area contributed by atoms with Gasteiger partial charge in [-0.25, -0.2) is 0 Å². The van der Waals surface area contributed by atoms with E-state index in [4.69, 9.17) is 5.73 Å². The Kier molecular flexibility index (Phi) is 1.66. The first kappa shape index (κ1) is 6.85. The lowest BCUT2D eigenvalue weighted by molar-refractivity contribution is 0.174. The molecular weight excluding hydrogens is 138 g/mol. The quantitative estimate of drug-likeness (QED) is 0.679. The first-order valence-corrected chi connectivity index (χ1v) is 4.11. The second kappa shape index (κ2) is 2.66. The van der Waals surface area contributed by atoms with Crippen LogP contribution < -0.4 is 5.73 Å². The van der Waals surface area contributed by atoms with E-state index in [2.05, 4.69) is 5.10 Å². The van der Waals surface area contributed by atoms with Crippen LogP contribution in [0.1, 0.15) is 18.9 Å². The van der Waals surface area contributed by atoms with Crippen molar-refractivity contribution in [1.29, 1.82) is 0 Å². The SMILES string of the molecule is NCC1CCC1n1cccn1. The van der Waals surface area contributed by atoms with E-state index in [1.165, 1.54) is 12.8 Å². The summed E-state index contributed by atoms with van der Waals surface area (Å²) < 4.78 is 2.03. The molecule has 0 amide bonds. The minimum atomic E-state index is 0.579. The van der Waals surface area contributed by atoms with Crippen molar-refractivity contribution >= 4 is 0 Å². The van der Waals surface area contributed by atoms with Crippen LogP contribution in [0.3, 0.4) is 0 Å². The second-order valence-corrected chi connectivity index (χ2v) is 3.13. The van der Waals surface area contributed by atoms with E-state index in [1.807, 2.05) is 23.1 Å². The molecule has 2 N–H and O–H groups in total. The predicted octanol–water partition coefficient (Wildman–Crippen LogP) is 0.793. The number of nitrogens with zero attached hydrogens (tertiary/aromatic N) is 2. The number of aromatic nitrogens is 2. The van der Waals surface area contributed by atoms with Crippen molar-refractivity contribution in [2.75, 3.05) is 6.54 Å². The summed E-state index contributed by atoms with van der Waals surface area (Å²) in [6.07, 6.45) is 6.35. The van der Waals surface area contributed by atoms with Gasteiger partial charge in [-0.15, -0.1) is 0 Å². The lowest BCUT2D eigenvalue weighted by Gasteiger charge is -2.35. The highest BCUT2D eigenvalue weighted by atomic mass is 15.3. The number of rotatable bonds is 2. The highest BCUT2D eigenvalue weighted by molar-refractivity contribution is 4.90. The minimum absolute atomic E-state index is 0.579. The Morgan fingerprint density at radius 3 is 2.91 bits per heavy atom. The maximum absolute atomic E-state index is 5.59. The Morgan fingerprint density at radius 1 is 1.55 bits per heavy atom. The highest BCUT2D eigenvalue weighted by Crippen LogP contribution is 2.36. The molecular formula is C8H13N3. The Labute approximate surface area is 66.2 Å². The van der Waals surface area contributed by atoms with Gasteiger partial charge in [0.1, 0.15) is 0 Å². The van der Waals surface area contributed by atoms with Crippen molar-refractivity contribution in [2.45, 2.75) is 18.9 Å². The molecule has 1 heterocycles. The molecule has 1 aromatic heterocycles. The van der Waals surface area contributed by atoms with Crippen LogP contribution in [-0.4, -0.2) is 16.3 Å². The monoisotopic (exact) mass is 151 g/mol. The predicted molar refractivity (Wildman–Crippen MR) is 43.0 cm³/mol. The van der Waals surface area contributed by atoms with Crippen LogP contribution in [0.2, 0.25) is 0 Å². The van der Waals surface area contributed by atoms with E-state index in [9.17, 15) is 0 Å². The normalized spacial score (nSPS) is 29.9. The van der Waals surface area contributed by atoms with Gasteiger partial charge < -0.3 is 5.73 Å². The summed E-state index contributed by atoms with van der Waals surface area (Å²) in [5.41, 5.74) is 5.59. The van der Waals surface area contributed by atoms with Gasteiger partial charge in [0.15, 0.2) is 0 Å². The largest absolute Gasteiger partial charge is 0.330 e. The molecule has 1 aromatic rings. The van der Waals surface area contributed by atoms with Crippen LogP contribution in [0.5, 0.6) is 0 Å². The van der Waals surface area contributed by atoms with Crippen molar-refractivity contribution in [3.05, 3.63) is 18.5 Å². The third-order valence-corrected chi connectivity index (χ3v) is 2.54. The Balaban J connectivity index is 2.07. The maximum Gasteiger partial charge on any atom is 0.0559 e. The molecule has 0 bridgehead atoms. The van der Waals surface area contributed by atoms with E-state index < -0.39 is 0 Å². The van der Waals surface area contributed by atoms with E-state index in [1.54, 1.807) is 0 Å². The summed E-state index contributed by atoms with van der Waals surface area (Å²) >= 11 is 0. The van der Waals surface area contributed by atoms with Gasteiger partial charge in [0.2, 0.25) is 0 Å². The van der Waals surface area contributed by atoms with Crippen molar-refractivity contribution in [1.82, 2.24) is 9.78 Å². The van der Waals surface area contributed by atoms with Crippen LogP contribution >= 0.6 is 0 Å². The zero-order valence-corrected chi connectivity index (χ0v) is 6.48. The molecule has 0 spiro atoms. The fourth-order valence-corrected chi connectivity index (χ4v) is 1.65. The first-order valence-electron chi connectivity index (χ1n) is 4.11. The zero-order chi connectivity index (χ0) is 7.68. The molecule has 1 aliphatic rings. The van der Waals surface area contributed by atoms with Crippen molar-refractivity contribution in [3.8, 4) is 0 Å². The van der Waals surface area contributed by atoms with Crippen LogP contribution in [0.15, 0.2) is 18.5 Å². The van der Waals surface area contributed by atoms with E-state index >= 15 is 0 Å². The topological polar surface area (TPSA) is 43.8 Å². The second-order valence-electron chi connectivity index (χ2n) is 3.13. The van der Waals surface area contributed by atoms with Crippen LogP contribution in [-0.2, 0) is 0 Å². The molecule has 1 aliphatic carbocycles. The molecule has 0 aliphatic heterocycles. The molecule has 3 heteroatoms. The lowest BCUT2D eigenvalue weighted by Crippen LogP contribution is -2.34. The van der Waals surface area contributed by atoms with Gasteiger partial charge in [0, 0.05) is 12.4 Å². The first-order chi connectivity index (χ1) is 5.42. The summed E-state index contributed by atoms with van der Waals surface area (Å²) in [5, 5.41) is 4.20. The third kappa shape index (κ3) is 1.05. The standard InChI is InChI=1S/C8H13N3/c9-6-7-2-3-8(7)11-5-1-4-10-11/h1,4-5,7-8H,2-3,6,9H2. The molecule has 0 aromatic carbocycles. The van der Waals surface area contributed by atoms with Gasteiger partial charge >= 0.3 is 0 Å². The molecule has 3 nitrogen and oxygen atoms in total. The molecule has 1 fully saturated rings. The Hall–Kier alpha value is -0.830. The Bertz CT molecular complexity index is 215. The number of hydrogen-bond acceptors (Lipinski definition) is 2. The fourth-order valence-electron chi connectivity index (χ4n) is 1.65. The zero-order valence-electron chi connectivity index (χ0n) is 6.48. The van der Waals surface area contributed by atoms with Gasteiger partial charge in [0.05, 0.1) is 6.04 Å². The molecule has 0 saturated heterocycles. The van der Waals surface area contributed by atoms with Crippen molar-refractivity contribution in [3.63, 3.8) is 0 Å². The van der Waals surface area contributed by atoms with Crippen molar-refractivity contribution < 1.29 is 0 Å². The fraction of sp³-hybridized carbons (Fsp3) is 0.625. The molecule has 60 valence electrons. The molecule has 1 saturated carbocycles. The smallest absolute Gasteiger partial charge is 0.0559 e. The van der Waals surface area contributed by atoms with Gasteiger partial charge in [-0.2, -0.15) is 5.10 Å². The van der Waals surface area contributed by atoms with Crippen LogP contribution in [0, 0.1) is 5.92 Å². The molecule has 2 atom stereocenters. The van der Waals surface area contributed by atoms with Gasteiger partial charge in [-0.1, -0.05) is 0 Å². The summed E-state index contributed by atoms with van der Waals surface area (Å²) in [4.78, 5) is 0. The van der Waals surface area contributed by atoms with E-state index in [0.29, 0.717) is 12.0 Å². The minimum Gasteiger partial charge on any atom is -0.330 e. The van der Waals surface area contributed by atoms with Crippen molar-refractivity contribution in [2.24, 2.45) is 11.7 Å². The summed E-state index contributed by atoms with van der Waals surface area (Å²) in [7, 11) is 0. The van der Waals surface area contributed by atoms with Gasteiger partial charge in [-0.05, 0) is 31.4 Å². The Morgan fingerprint density at radius 2 is 2.45 bits per heavy atom. The molecule has 2 unspecified atom stereocenters. The van der Waals surface area contributed by atoms with Gasteiger partial charge in [0.25, 0.3) is 0 Å². The molecule has 0 radical (unpaired) electrons. The van der Waals surface area contributed by atoms with E-state index in [0.717, 1.165) is 6.54 Å². The summed E-state index contributed by atoms with van der Waals surface area (Å²) in [6.45, 7) is 0.796. The summed E-state index contributed by atoms with van der Waals surface area (Å²) in [5.74, 6) is 0.662.